The number of carbonyl (C=O) groups is 10. The molecule has 2 fully saturated rings. The zero-order valence-corrected chi connectivity index (χ0v) is 49.3. The molecule has 1 aromatic heterocycles. The van der Waals surface area contributed by atoms with E-state index < -0.39 is 132 Å². The minimum Gasteiger partial charge on any atom is -0.394 e. The van der Waals surface area contributed by atoms with Gasteiger partial charge in [0.2, 0.25) is 53.2 Å². The number of nitrogens with zero attached hydrogens (tertiary/aromatic N) is 6. The largest absolute Gasteiger partial charge is 0.394 e. The van der Waals surface area contributed by atoms with Crippen molar-refractivity contribution >= 4 is 70.0 Å². The SMILES string of the molecule is CC(C)CC1NC(=O)C(Cc2ccccc2)N(C)C(=O)C(C)NC(=O)C(C(C)C)N(C)C(=O)CCNC(=O)C(C)N(C)C(=O)C(C(C)C)NC(=O)C(Cc2c[nH]c3ccccc23)N(C)C(=O)C2CCCNN2C(=O)C(CO)N(C)C1=O. The van der Waals surface area contributed by atoms with E-state index in [9.17, 15) is 48.3 Å². The van der Waals surface area contributed by atoms with Gasteiger partial charge >= 0.3 is 0 Å². The molecule has 0 radical (unpaired) electrons. The first-order valence-electron chi connectivity index (χ1n) is 28.0. The monoisotopic (exact) mass is 1130 g/mol. The number of hydrazine groups is 1. The number of fused-ring (bicyclic) bond motifs is 2. The molecule has 0 bridgehead atoms. The van der Waals surface area contributed by atoms with Crippen LogP contribution in [0.15, 0.2) is 60.8 Å². The van der Waals surface area contributed by atoms with Crippen molar-refractivity contribution in [1.29, 1.82) is 0 Å². The summed E-state index contributed by atoms with van der Waals surface area (Å²) in [6.07, 6.45) is 2.09. The number of aromatic amines is 1. The first kappa shape index (κ1) is 64.4. The molecule has 0 spiro atoms. The van der Waals surface area contributed by atoms with Gasteiger partial charge in [-0.25, -0.2) is 5.43 Å². The van der Waals surface area contributed by atoms with E-state index in [0.29, 0.717) is 17.5 Å². The Morgan fingerprint density at radius 3 is 1.83 bits per heavy atom. The van der Waals surface area contributed by atoms with E-state index in [4.69, 9.17) is 0 Å². The summed E-state index contributed by atoms with van der Waals surface area (Å²) >= 11 is 0. The van der Waals surface area contributed by atoms with Gasteiger partial charge in [0.05, 0.1) is 6.61 Å². The Bertz CT molecular complexity index is 2730. The molecule has 9 unspecified atom stereocenters. The molecule has 7 N–H and O–H groups in total. The third-order valence-electron chi connectivity index (χ3n) is 15.6. The summed E-state index contributed by atoms with van der Waals surface area (Å²) in [6, 6.07) is 5.09. The molecule has 10 amide bonds. The second-order valence-corrected chi connectivity index (χ2v) is 22.6. The van der Waals surface area contributed by atoms with Gasteiger partial charge in [-0.2, -0.15) is 0 Å². The van der Waals surface area contributed by atoms with Crippen LogP contribution in [0.25, 0.3) is 10.9 Å². The number of hydrogen-bond donors (Lipinski definition) is 7. The molecule has 2 aromatic carbocycles. The van der Waals surface area contributed by atoms with Crippen molar-refractivity contribution in [3.8, 4) is 0 Å². The standard InChI is InChI=1S/C58H86N12O11/c1-33(2)28-42-55(78)68(12)46(32-71)57(80)70-43(24-19-26-61-70)56(79)67(11)45(30-39-31-60-41-23-18-17-22-40(39)41)52(75)64-48(34(3)4)58(81)65(9)37(8)50(73)59-27-25-47(72)69(13)49(35(5)6)53(76)62-36(7)54(77)66(10)44(51(74)63-42)29-38-20-15-14-16-21-38/h14-18,20-23,31,33-37,42-46,48-49,60-61,71H,19,24-30,32H2,1-13H3,(H,59,73)(H,62,76)(H,63,74)(H,64,75). The van der Waals surface area contributed by atoms with Gasteiger partial charge < -0.3 is 55.9 Å². The van der Waals surface area contributed by atoms with Crippen LogP contribution in [0.5, 0.6) is 0 Å². The van der Waals surface area contributed by atoms with Gasteiger partial charge in [-0.1, -0.05) is 90.1 Å². The number of hydrogen-bond acceptors (Lipinski definition) is 12. The quantitative estimate of drug-likeness (QED) is 0.158. The van der Waals surface area contributed by atoms with Gasteiger partial charge in [-0.15, -0.1) is 0 Å². The zero-order valence-electron chi connectivity index (χ0n) is 49.3. The van der Waals surface area contributed by atoms with E-state index >= 15 is 4.79 Å². The molecule has 3 heterocycles. The summed E-state index contributed by atoms with van der Waals surface area (Å²) in [4.78, 5) is 154. The Hall–Kier alpha value is -7.40. The third-order valence-corrected chi connectivity index (χ3v) is 15.6. The molecule has 2 saturated heterocycles. The average molecular weight is 1130 g/mol. The van der Waals surface area contributed by atoms with Crippen LogP contribution in [-0.4, -0.2) is 208 Å². The maximum atomic E-state index is 15.1. The Kier molecular flexibility index (Phi) is 22.9. The molecule has 3 aromatic rings. The minimum atomic E-state index is -1.58. The van der Waals surface area contributed by atoms with Crippen LogP contribution >= 0.6 is 0 Å². The Labute approximate surface area is 475 Å². The van der Waals surface area contributed by atoms with E-state index in [1.54, 1.807) is 64.2 Å². The van der Waals surface area contributed by atoms with Crippen LogP contribution < -0.4 is 26.7 Å². The second-order valence-electron chi connectivity index (χ2n) is 22.6. The Morgan fingerprint density at radius 1 is 0.593 bits per heavy atom. The number of likely N-dealkylation sites (N-methyl/N-ethyl adjacent to an activating group) is 5. The van der Waals surface area contributed by atoms with Crippen LogP contribution in [0.3, 0.4) is 0 Å². The number of H-pyrrole nitrogens is 1. The molecule has 9 atom stereocenters. The summed E-state index contributed by atoms with van der Waals surface area (Å²) in [5.41, 5.74) is 5.13. The lowest BCUT2D eigenvalue weighted by Gasteiger charge is -2.41. The molecule has 0 aliphatic carbocycles. The van der Waals surface area contributed by atoms with Crippen LogP contribution in [0.2, 0.25) is 0 Å². The molecular formula is C58H86N12O11. The fourth-order valence-corrected chi connectivity index (χ4v) is 10.5. The van der Waals surface area contributed by atoms with Crippen molar-refractivity contribution < 1.29 is 53.1 Å². The zero-order chi connectivity index (χ0) is 60.2. The molecule has 5 rings (SSSR count). The third kappa shape index (κ3) is 15.7. The highest BCUT2D eigenvalue weighted by molar-refractivity contribution is 5.99. The van der Waals surface area contributed by atoms with Gasteiger partial charge in [-0.3, -0.25) is 53.0 Å². The average Bonchev–Trinajstić information content (AvgIpc) is 3.92. The number of aromatic nitrogens is 1. The molecule has 0 saturated carbocycles. The Balaban J connectivity index is 1.58. The van der Waals surface area contributed by atoms with Crippen molar-refractivity contribution in [2.75, 3.05) is 54.9 Å². The van der Waals surface area contributed by atoms with Crippen molar-refractivity contribution in [3.05, 3.63) is 71.9 Å². The smallest absolute Gasteiger partial charge is 0.262 e. The van der Waals surface area contributed by atoms with Gasteiger partial charge in [0.15, 0.2) is 0 Å². The van der Waals surface area contributed by atoms with Crippen LogP contribution in [0, 0.1) is 17.8 Å². The fraction of sp³-hybridized carbons (Fsp3) is 0.586. The van der Waals surface area contributed by atoms with Crippen molar-refractivity contribution in [2.45, 2.75) is 148 Å². The van der Waals surface area contributed by atoms with Crippen molar-refractivity contribution in [1.82, 2.24) is 61.2 Å². The maximum Gasteiger partial charge on any atom is 0.262 e. The number of amides is 10. The number of aliphatic hydroxyl groups is 1. The number of rotatable bonds is 9. The summed E-state index contributed by atoms with van der Waals surface area (Å²) in [7, 11) is 7.02. The lowest BCUT2D eigenvalue weighted by Crippen LogP contribution is -2.66. The minimum absolute atomic E-state index is 0.00731. The lowest BCUT2D eigenvalue weighted by atomic mass is 9.98. The van der Waals surface area contributed by atoms with Crippen LogP contribution in [0.1, 0.15) is 92.2 Å². The van der Waals surface area contributed by atoms with Crippen LogP contribution in [0.4, 0.5) is 0 Å². The first-order chi connectivity index (χ1) is 38.2. The normalized spacial score (nSPS) is 26.0. The number of benzene rings is 2. The van der Waals surface area contributed by atoms with E-state index in [2.05, 4.69) is 31.7 Å². The predicted molar refractivity (Wildman–Crippen MR) is 304 cm³/mol. The maximum absolute atomic E-state index is 15.1. The summed E-state index contributed by atoms with van der Waals surface area (Å²) < 4.78 is 0. The van der Waals surface area contributed by atoms with Gasteiger partial charge in [-0.05, 0) is 68.1 Å². The number of para-hydroxylation sites is 1. The molecule has 444 valence electrons. The predicted octanol–water partition coefficient (Wildman–Crippen LogP) is 0.948. The van der Waals surface area contributed by atoms with Crippen LogP contribution in [-0.2, 0) is 60.8 Å². The van der Waals surface area contributed by atoms with Gasteiger partial charge in [0, 0.05) is 84.7 Å². The first-order valence-corrected chi connectivity index (χ1v) is 28.0. The van der Waals surface area contributed by atoms with Crippen molar-refractivity contribution in [3.63, 3.8) is 0 Å². The topological polar surface area (TPSA) is 286 Å². The summed E-state index contributed by atoms with van der Waals surface area (Å²) in [5, 5.41) is 24.0. The number of aliphatic hydroxyl groups excluding tert-OH is 1. The molecular weight excluding hydrogens is 1040 g/mol. The Morgan fingerprint density at radius 2 is 1.20 bits per heavy atom. The molecule has 2 aliphatic heterocycles. The summed E-state index contributed by atoms with van der Waals surface area (Å²) in [5.74, 6) is -7.85. The van der Waals surface area contributed by atoms with E-state index in [-0.39, 0.29) is 51.1 Å². The number of carbonyl (C=O) groups excluding carboxylic acids is 10. The second kappa shape index (κ2) is 28.8. The molecule has 2 aliphatic rings. The molecule has 81 heavy (non-hydrogen) atoms. The molecule has 23 nitrogen and oxygen atoms in total. The lowest BCUT2D eigenvalue weighted by molar-refractivity contribution is -0.159. The van der Waals surface area contributed by atoms with E-state index in [0.717, 1.165) is 20.8 Å². The highest BCUT2D eigenvalue weighted by Crippen LogP contribution is 2.24. The van der Waals surface area contributed by atoms with E-state index in [1.807, 2.05) is 38.1 Å². The van der Waals surface area contributed by atoms with Gasteiger partial charge in [0.1, 0.15) is 54.4 Å². The van der Waals surface area contributed by atoms with Crippen molar-refractivity contribution in [2.24, 2.45) is 17.8 Å². The fourth-order valence-electron chi connectivity index (χ4n) is 10.5. The highest BCUT2D eigenvalue weighted by Gasteiger charge is 2.44. The van der Waals surface area contributed by atoms with Gasteiger partial charge in [0.25, 0.3) is 5.91 Å². The molecule has 23 heteroatoms. The highest BCUT2D eigenvalue weighted by atomic mass is 16.3. The summed E-state index contributed by atoms with van der Waals surface area (Å²) in [6.45, 7) is 12.7. The number of nitrogens with one attached hydrogen (secondary N) is 6. The van der Waals surface area contributed by atoms with E-state index in [1.165, 1.54) is 68.7 Å².